The van der Waals surface area contributed by atoms with Gasteiger partial charge in [0.25, 0.3) is 15.9 Å². The third-order valence-corrected chi connectivity index (χ3v) is 7.88. The van der Waals surface area contributed by atoms with Gasteiger partial charge in [0.05, 0.1) is 4.88 Å². The number of hydrogen-bond donors (Lipinski definition) is 0. The molecule has 3 aromatic heterocycles. The molecule has 0 bridgehead atoms. The van der Waals surface area contributed by atoms with Gasteiger partial charge in [0.2, 0.25) is 0 Å². The van der Waals surface area contributed by atoms with Crippen molar-refractivity contribution in [3.8, 4) is 10.8 Å². The molecule has 1 unspecified atom stereocenters. The highest BCUT2D eigenvalue weighted by atomic mass is 32.2. The van der Waals surface area contributed by atoms with Gasteiger partial charge in [0.1, 0.15) is 4.21 Å². The van der Waals surface area contributed by atoms with Gasteiger partial charge in [-0.25, -0.2) is 8.42 Å². The van der Waals surface area contributed by atoms with E-state index >= 15 is 0 Å². The Balaban J connectivity index is 1.53. The molecular weight excluding hydrogens is 354 g/mol. The van der Waals surface area contributed by atoms with Crippen LogP contribution in [0.15, 0.2) is 43.8 Å². The lowest BCUT2D eigenvalue weighted by Gasteiger charge is -2.14. The van der Waals surface area contributed by atoms with Crippen LogP contribution in [0.25, 0.3) is 10.8 Å². The molecule has 4 heterocycles. The van der Waals surface area contributed by atoms with E-state index in [1.807, 2.05) is 17.5 Å². The van der Waals surface area contributed by atoms with Crippen molar-refractivity contribution in [2.24, 2.45) is 0 Å². The predicted octanol–water partition coefficient (Wildman–Crippen LogP) is 3.04. The fourth-order valence-electron chi connectivity index (χ4n) is 2.60. The van der Waals surface area contributed by atoms with Crippen LogP contribution in [0.2, 0.25) is 0 Å². The van der Waals surface area contributed by atoms with Crippen molar-refractivity contribution in [3.05, 3.63) is 40.8 Å². The van der Waals surface area contributed by atoms with Crippen LogP contribution in [-0.2, 0) is 10.0 Å². The Labute approximate surface area is 141 Å². The highest BCUT2D eigenvalue weighted by Gasteiger charge is 2.35. The first-order valence-corrected chi connectivity index (χ1v) is 10.3. The Morgan fingerprint density at radius 1 is 1.22 bits per heavy atom. The average molecular weight is 367 g/mol. The van der Waals surface area contributed by atoms with Gasteiger partial charge in [-0.05, 0) is 29.3 Å². The van der Waals surface area contributed by atoms with Crippen molar-refractivity contribution >= 4 is 32.7 Å². The third-order valence-electron chi connectivity index (χ3n) is 3.78. The maximum Gasteiger partial charge on any atom is 0.267 e. The quantitative estimate of drug-likeness (QED) is 0.708. The van der Waals surface area contributed by atoms with Crippen molar-refractivity contribution in [2.45, 2.75) is 16.5 Å². The molecule has 1 aliphatic heterocycles. The number of nitrogens with zero attached hydrogens (tertiary/aromatic N) is 3. The summed E-state index contributed by atoms with van der Waals surface area (Å²) < 4.78 is 32.3. The summed E-state index contributed by atoms with van der Waals surface area (Å²) >= 11 is 2.77. The molecule has 0 aliphatic carbocycles. The van der Waals surface area contributed by atoms with Crippen molar-refractivity contribution < 1.29 is 12.9 Å². The predicted molar refractivity (Wildman–Crippen MR) is 88.0 cm³/mol. The molecule has 0 aromatic carbocycles. The second kappa shape index (κ2) is 5.82. The van der Waals surface area contributed by atoms with E-state index in [4.69, 9.17) is 4.52 Å². The molecule has 1 fully saturated rings. The van der Waals surface area contributed by atoms with Gasteiger partial charge in [0, 0.05) is 19.0 Å². The fourth-order valence-corrected chi connectivity index (χ4v) is 5.89. The molecular formula is C14H13N3O3S3. The molecule has 0 spiro atoms. The number of aromatic nitrogens is 2. The smallest absolute Gasteiger partial charge is 0.267 e. The molecule has 4 rings (SSSR count). The van der Waals surface area contributed by atoms with E-state index in [9.17, 15) is 8.42 Å². The summed E-state index contributed by atoms with van der Waals surface area (Å²) in [5.74, 6) is 1.05. The Morgan fingerprint density at radius 2 is 2.04 bits per heavy atom. The number of thiophene rings is 2. The molecule has 23 heavy (non-hydrogen) atoms. The van der Waals surface area contributed by atoms with Crippen LogP contribution in [0.5, 0.6) is 0 Å². The zero-order chi connectivity index (χ0) is 15.9. The minimum Gasteiger partial charge on any atom is -0.333 e. The lowest BCUT2D eigenvalue weighted by atomic mass is 10.1. The van der Waals surface area contributed by atoms with Crippen molar-refractivity contribution in [1.82, 2.24) is 14.4 Å². The van der Waals surface area contributed by atoms with Crippen LogP contribution in [0.1, 0.15) is 18.2 Å². The summed E-state index contributed by atoms with van der Waals surface area (Å²) in [6.07, 6.45) is 0.702. The summed E-state index contributed by atoms with van der Waals surface area (Å²) in [6, 6.07) is 7.23. The SMILES string of the molecule is O=S(=O)(c1cccs1)N1CCC(c2noc(-c3cccs3)n2)C1. The maximum absolute atomic E-state index is 12.5. The van der Waals surface area contributed by atoms with Crippen molar-refractivity contribution in [1.29, 1.82) is 0 Å². The Hall–Kier alpha value is -1.55. The first kappa shape index (κ1) is 15.0. The number of hydrogen-bond acceptors (Lipinski definition) is 7. The number of sulfonamides is 1. The van der Waals surface area contributed by atoms with E-state index in [1.165, 1.54) is 27.0 Å². The van der Waals surface area contributed by atoms with Crippen LogP contribution in [0, 0.1) is 0 Å². The monoisotopic (exact) mass is 367 g/mol. The van der Waals surface area contributed by atoms with Crippen LogP contribution in [-0.4, -0.2) is 36.0 Å². The van der Waals surface area contributed by atoms with Crippen LogP contribution in [0.3, 0.4) is 0 Å². The Morgan fingerprint density at radius 3 is 2.78 bits per heavy atom. The van der Waals surface area contributed by atoms with E-state index in [2.05, 4.69) is 10.1 Å². The van der Waals surface area contributed by atoms with Gasteiger partial charge in [0.15, 0.2) is 5.82 Å². The molecule has 3 aromatic rings. The zero-order valence-corrected chi connectivity index (χ0v) is 14.4. The molecule has 1 atom stereocenters. The molecule has 0 saturated carbocycles. The summed E-state index contributed by atoms with van der Waals surface area (Å²) in [7, 11) is -3.40. The zero-order valence-electron chi connectivity index (χ0n) is 12.0. The summed E-state index contributed by atoms with van der Waals surface area (Å²) in [4.78, 5) is 5.35. The topological polar surface area (TPSA) is 76.3 Å². The average Bonchev–Trinajstić information content (AvgIpc) is 3.36. The van der Waals surface area contributed by atoms with Gasteiger partial charge in [-0.15, -0.1) is 22.7 Å². The summed E-state index contributed by atoms with van der Waals surface area (Å²) in [5.41, 5.74) is 0. The molecule has 0 N–H and O–H groups in total. The molecule has 0 amide bonds. The van der Waals surface area contributed by atoms with E-state index in [-0.39, 0.29) is 5.92 Å². The maximum atomic E-state index is 12.5. The van der Waals surface area contributed by atoms with Crippen LogP contribution >= 0.6 is 22.7 Å². The van der Waals surface area contributed by atoms with E-state index in [0.29, 0.717) is 35.4 Å². The van der Waals surface area contributed by atoms with Crippen molar-refractivity contribution in [3.63, 3.8) is 0 Å². The van der Waals surface area contributed by atoms with Crippen molar-refractivity contribution in [2.75, 3.05) is 13.1 Å². The first-order chi connectivity index (χ1) is 11.1. The fraction of sp³-hybridized carbons (Fsp3) is 0.286. The minimum atomic E-state index is -3.40. The van der Waals surface area contributed by atoms with Gasteiger partial charge < -0.3 is 4.52 Å². The first-order valence-electron chi connectivity index (χ1n) is 7.06. The molecule has 1 aliphatic rings. The normalized spacial score (nSPS) is 19.4. The Kier molecular flexibility index (Phi) is 3.80. The number of rotatable bonds is 4. The minimum absolute atomic E-state index is 0.0257. The summed E-state index contributed by atoms with van der Waals surface area (Å²) in [6.45, 7) is 0.872. The van der Waals surface area contributed by atoms with E-state index in [0.717, 1.165) is 4.88 Å². The molecule has 6 nitrogen and oxygen atoms in total. The molecule has 9 heteroatoms. The van der Waals surface area contributed by atoms with Gasteiger partial charge >= 0.3 is 0 Å². The lowest BCUT2D eigenvalue weighted by molar-refractivity contribution is 0.415. The van der Waals surface area contributed by atoms with Crippen LogP contribution < -0.4 is 0 Å². The van der Waals surface area contributed by atoms with E-state index in [1.54, 1.807) is 17.5 Å². The molecule has 120 valence electrons. The largest absolute Gasteiger partial charge is 0.333 e. The molecule has 1 saturated heterocycles. The standard InChI is InChI=1S/C14H13N3O3S3/c18-23(19,12-4-2-8-22-12)17-6-5-10(9-17)13-15-14(20-16-13)11-3-1-7-21-11/h1-4,7-8,10H,5-6,9H2. The van der Waals surface area contributed by atoms with Gasteiger partial charge in [-0.3, -0.25) is 0 Å². The second-order valence-corrected chi connectivity index (χ2v) is 9.28. The second-order valence-electron chi connectivity index (χ2n) is 5.22. The highest BCUT2D eigenvalue weighted by Crippen LogP contribution is 2.32. The van der Waals surface area contributed by atoms with Gasteiger partial charge in [-0.1, -0.05) is 17.3 Å². The van der Waals surface area contributed by atoms with Crippen LogP contribution in [0.4, 0.5) is 0 Å². The Bertz CT molecular complexity index is 885. The third kappa shape index (κ3) is 2.74. The summed E-state index contributed by atoms with van der Waals surface area (Å²) in [5, 5.41) is 7.75. The molecule has 0 radical (unpaired) electrons. The van der Waals surface area contributed by atoms with E-state index < -0.39 is 10.0 Å². The highest BCUT2D eigenvalue weighted by molar-refractivity contribution is 7.91. The van der Waals surface area contributed by atoms with Gasteiger partial charge in [-0.2, -0.15) is 9.29 Å². The lowest BCUT2D eigenvalue weighted by Crippen LogP contribution is -2.28.